The van der Waals surface area contributed by atoms with Gasteiger partial charge in [-0.05, 0) is 79.2 Å². The number of amides is 1. The fourth-order valence-corrected chi connectivity index (χ4v) is 3.74. The van der Waals surface area contributed by atoms with Gasteiger partial charge in [0.15, 0.2) is 0 Å². The van der Waals surface area contributed by atoms with E-state index in [2.05, 4.69) is 30.9 Å². The zero-order valence-corrected chi connectivity index (χ0v) is 16.3. The molecule has 24 heavy (non-hydrogen) atoms. The summed E-state index contributed by atoms with van der Waals surface area (Å²) < 4.78 is 5.61. The molecule has 1 aliphatic heterocycles. The van der Waals surface area contributed by atoms with E-state index in [1.165, 1.54) is 38.6 Å². The summed E-state index contributed by atoms with van der Waals surface area (Å²) in [5.74, 6) is 0.545. The third-order valence-electron chi connectivity index (χ3n) is 4.95. The molecule has 0 bridgehead atoms. The van der Waals surface area contributed by atoms with E-state index in [1.807, 2.05) is 25.7 Å². The molecule has 0 saturated carbocycles. The second-order valence-corrected chi connectivity index (χ2v) is 8.66. The number of allylic oxidation sites excluding steroid dienone is 1. The molecule has 1 amide bonds. The molecule has 0 aromatic rings. The summed E-state index contributed by atoms with van der Waals surface area (Å²) in [5, 5.41) is 0. The molecule has 2 rings (SSSR count). The molecular formula is C20H36N2O2. The quantitative estimate of drug-likeness (QED) is 0.711. The van der Waals surface area contributed by atoms with Crippen LogP contribution in [0.25, 0.3) is 0 Å². The van der Waals surface area contributed by atoms with Crippen molar-refractivity contribution in [3.05, 3.63) is 12.2 Å². The van der Waals surface area contributed by atoms with Crippen LogP contribution in [0.4, 0.5) is 4.79 Å². The van der Waals surface area contributed by atoms with Crippen LogP contribution in [0, 0.1) is 5.92 Å². The van der Waals surface area contributed by atoms with Gasteiger partial charge in [-0.2, -0.15) is 0 Å². The van der Waals surface area contributed by atoms with Crippen molar-refractivity contribution in [2.24, 2.45) is 5.92 Å². The van der Waals surface area contributed by atoms with Gasteiger partial charge >= 0.3 is 6.09 Å². The molecule has 0 spiro atoms. The lowest BCUT2D eigenvalue weighted by Crippen LogP contribution is -2.48. The molecule has 0 radical (unpaired) electrons. The average Bonchev–Trinajstić information content (AvgIpc) is 2.51. The molecule has 1 fully saturated rings. The molecule has 0 aromatic carbocycles. The topological polar surface area (TPSA) is 32.8 Å². The normalized spacial score (nSPS) is 25.8. The van der Waals surface area contributed by atoms with Crippen LogP contribution < -0.4 is 0 Å². The highest BCUT2D eigenvalue weighted by Gasteiger charge is 2.30. The van der Waals surface area contributed by atoms with Crippen molar-refractivity contribution in [2.75, 3.05) is 19.6 Å². The number of piperidine rings is 1. The van der Waals surface area contributed by atoms with E-state index in [9.17, 15) is 4.79 Å². The van der Waals surface area contributed by atoms with Crippen molar-refractivity contribution in [3.63, 3.8) is 0 Å². The van der Waals surface area contributed by atoms with Crippen molar-refractivity contribution >= 4 is 6.09 Å². The summed E-state index contributed by atoms with van der Waals surface area (Å²) in [6.07, 6.45) is 10.8. The summed E-state index contributed by atoms with van der Waals surface area (Å²) in [6, 6.07) is 0.778. The fourth-order valence-electron chi connectivity index (χ4n) is 3.74. The van der Waals surface area contributed by atoms with Crippen molar-refractivity contribution in [3.8, 4) is 0 Å². The van der Waals surface area contributed by atoms with Gasteiger partial charge in [-0.1, -0.05) is 12.2 Å². The Bertz CT molecular complexity index is 439. The number of nitrogens with zero attached hydrogens (tertiary/aromatic N) is 2. The Morgan fingerprint density at radius 1 is 1.29 bits per heavy atom. The van der Waals surface area contributed by atoms with Gasteiger partial charge in [0.1, 0.15) is 5.60 Å². The van der Waals surface area contributed by atoms with E-state index in [0.717, 1.165) is 13.1 Å². The number of carbonyl (C=O) groups excluding carboxylic acids is 1. The van der Waals surface area contributed by atoms with Gasteiger partial charge in [-0.15, -0.1) is 0 Å². The molecular weight excluding hydrogens is 300 g/mol. The Morgan fingerprint density at radius 2 is 2.04 bits per heavy atom. The number of ether oxygens (including phenoxy) is 1. The van der Waals surface area contributed by atoms with Gasteiger partial charge in [-0.3, -0.25) is 4.90 Å². The van der Waals surface area contributed by atoms with E-state index in [0.29, 0.717) is 12.0 Å². The van der Waals surface area contributed by atoms with Crippen molar-refractivity contribution < 1.29 is 9.53 Å². The van der Waals surface area contributed by atoms with Gasteiger partial charge in [0.05, 0.1) is 0 Å². The van der Waals surface area contributed by atoms with Crippen LogP contribution in [0.2, 0.25) is 0 Å². The predicted octanol–water partition coefficient (Wildman–Crippen LogP) is 4.45. The second-order valence-electron chi connectivity index (χ2n) is 8.66. The SMILES string of the molecule is CC(C)N(CC1CCCN(C2C=CCCC2)C1)C(=O)OC(C)(C)C. The molecule has 0 N–H and O–H groups in total. The van der Waals surface area contributed by atoms with Crippen molar-refractivity contribution in [1.29, 1.82) is 0 Å². The van der Waals surface area contributed by atoms with Gasteiger partial charge in [-0.25, -0.2) is 4.79 Å². The van der Waals surface area contributed by atoms with E-state index < -0.39 is 5.60 Å². The Balaban J connectivity index is 1.94. The maximum absolute atomic E-state index is 12.5. The number of hydrogen-bond acceptors (Lipinski definition) is 3. The Morgan fingerprint density at radius 3 is 2.62 bits per heavy atom. The molecule has 4 nitrogen and oxygen atoms in total. The third-order valence-corrected chi connectivity index (χ3v) is 4.95. The Hall–Kier alpha value is -1.03. The first-order chi connectivity index (χ1) is 11.3. The molecule has 1 heterocycles. The van der Waals surface area contributed by atoms with Gasteiger partial charge in [0.25, 0.3) is 0 Å². The monoisotopic (exact) mass is 336 g/mol. The van der Waals surface area contributed by atoms with Crippen LogP contribution in [0.1, 0.15) is 66.7 Å². The Kier molecular flexibility index (Phi) is 6.73. The standard InChI is InChI=1S/C20H36N2O2/c1-16(2)22(19(23)24-20(3,4)5)15-17-10-9-13-21(14-17)18-11-7-6-8-12-18/h7,11,16-18H,6,8-10,12-15H2,1-5H3. The van der Waals surface area contributed by atoms with E-state index in [-0.39, 0.29) is 12.1 Å². The number of carbonyl (C=O) groups is 1. The summed E-state index contributed by atoms with van der Waals surface area (Å²) in [7, 11) is 0. The second kappa shape index (κ2) is 8.37. The van der Waals surface area contributed by atoms with Gasteiger partial charge in [0.2, 0.25) is 0 Å². The molecule has 1 saturated heterocycles. The van der Waals surface area contributed by atoms with Gasteiger partial charge in [0, 0.05) is 25.2 Å². The van der Waals surface area contributed by atoms with Crippen LogP contribution in [0.5, 0.6) is 0 Å². The van der Waals surface area contributed by atoms with Crippen LogP contribution >= 0.6 is 0 Å². The summed E-state index contributed by atoms with van der Waals surface area (Å²) >= 11 is 0. The summed E-state index contributed by atoms with van der Waals surface area (Å²) in [6.45, 7) is 13.0. The maximum Gasteiger partial charge on any atom is 0.410 e. The van der Waals surface area contributed by atoms with E-state index in [1.54, 1.807) is 0 Å². The van der Waals surface area contributed by atoms with Crippen LogP contribution in [0.15, 0.2) is 12.2 Å². The average molecular weight is 337 g/mol. The lowest BCUT2D eigenvalue weighted by molar-refractivity contribution is 0.0110. The Labute approximate surface area is 148 Å². The maximum atomic E-state index is 12.5. The van der Waals surface area contributed by atoms with Crippen molar-refractivity contribution in [2.45, 2.75) is 84.4 Å². The molecule has 2 atom stereocenters. The zero-order chi connectivity index (χ0) is 17.7. The number of hydrogen-bond donors (Lipinski definition) is 0. The molecule has 4 heteroatoms. The zero-order valence-electron chi connectivity index (χ0n) is 16.3. The predicted molar refractivity (Wildman–Crippen MR) is 99.2 cm³/mol. The molecule has 2 unspecified atom stereocenters. The van der Waals surface area contributed by atoms with Crippen molar-refractivity contribution in [1.82, 2.24) is 9.80 Å². The number of likely N-dealkylation sites (tertiary alicyclic amines) is 1. The highest BCUT2D eigenvalue weighted by Crippen LogP contribution is 2.25. The van der Waals surface area contributed by atoms with Crippen LogP contribution in [-0.2, 0) is 4.74 Å². The van der Waals surface area contributed by atoms with E-state index in [4.69, 9.17) is 4.74 Å². The first-order valence-corrected chi connectivity index (χ1v) is 9.66. The lowest BCUT2D eigenvalue weighted by Gasteiger charge is -2.40. The minimum atomic E-state index is -0.435. The smallest absolute Gasteiger partial charge is 0.410 e. The third kappa shape index (κ3) is 5.80. The summed E-state index contributed by atoms with van der Waals surface area (Å²) in [5.41, 5.74) is -0.435. The van der Waals surface area contributed by atoms with Crippen LogP contribution in [-0.4, -0.2) is 53.2 Å². The molecule has 0 aromatic heterocycles. The van der Waals surface area contributed by atoms with Gasteiger partial charge < -0.3 is 9.64 Å². The molecule has 1 aliphatic carbocycles. The fraction of sp³-hybridized carbons (Fsp3) is 0.850. The first kappa shape index (κ1) is 19.3. The highest BCUT2D eigenvalue weighted by molar-refractivity contribution is 5.68. The molecule has 2 aliphatic rings. The molecule has 138 valence electrons. The minimum Gasteiger partial charge on any atom is -0.444 e. The highest BCUT2D eigenvalue weighted by atomic mass is 16.6. The van der Waals surface area contributed by atoms with E-state index >= 15 is 0 Å². The first-order valence-electron chi connectivity index (χ1n) is 9.66. The largest absolute Gasteiger partial charge is 0.444 e. The van der Waals surface area contributed by atoms with Crippen LogP contribution in [0.3, 0.4) is 0 Å². The number of rotatable bonds is 4. The lowest BCUT2D eigenvalue weighted by atomic mass is 9.93. The summed E-state index contributed by atoms with van der Waals surface area (Å²) in [4.78, 5) is 17.1. The minimum absolute atomic E-state index is 0.171.